The van der Waals surface area contributed by atoms with E-state index in [1.807, 2.05) is 24.3 Å². The third-order valence-corrected chi connectivity index (χ3v) is 2.89. The monoisotopic (exact) mass is 236 g/mol. The van der Waals surface area contributed by atoms with E-state index in [-0.39, 0.29) is 0 Å². The van der Waals surface area contributed by atoms with Crippen molar-refractivity contribution >= 4 is 10.8 Å². The number of nitrogens with zero attached hydrogens (tertiary/aromatic N) is 2. The van der Waals surface area contributed by atoms with Crippen molar-refractivity contribution in [1.82, 2.24) is 9.97 Å². The van der Waals surface area contributed by atoms with Gasteiger partial charge >= 0.3 is 0 Å². The second-order valence-electron chi connectivity index (χ2n) is 3.97. The Bertz CT molecular complexity index is 689. The van der Waals surface area contributed by atoms with Crippen LogP contribution in [-0.2, 0) is 0 Å². The van der Waals surface area contributed by atoms with E-state index >= 15 is 0 Å². The SMILES string of the molecule is COc1cncc(-c2cccc3ccccc23)n1. The largest absolute Gasteiger partial charge is 0.480 e. The zero-order valence-corrected chi connectivity index (χ0v) is 10.00. The first-order valence-corrected chi connectivity index (χ1v) is 5.72. The topological polar surface area (TPSA) is 35.0 Å². The molecule has 0 aliphatic carbocycles. The van der Waals surface area contributed by atoms with Crippen molar-refractivity contribution in [2.45, 2.75) is 0 Å². The normalized spacial score (nSPS) is 10.5. The quantitative estimate of drug-likeness (QED) is 0.684. The zero-order chi connectivity index (χ0) is 12.4. The van der Waals surface area contributed by atoms with E-state index in [1.165, 1.54) is 10.8 Å². The van der Waals surface area contributed by atoms with E-state index in [4.69, 9.17) is 4.74 Å². The lowest BCUT2D eigenvalue weighted by Crippen LogP contribution is -1.92. The highest BCUT2D eigenvalue weighted by atomic mass is 16.5. The predicted molar refractivity (Wildman–Crippen MR) is 71.5 cm³/mol. The van der Waals surface area contributed by atoms with Gasteiger partial charge in [-0.25, -0.2) is 4.98 Å². The fraction of sp³-hybridized carbons (Fsp3) is 0.0667. The fourth-order valence-electron chi connectivity index (χ4n) is 2.02. The van der Waals surface area contributed by atoms with Crippen LogP contribution in [0.3, 0.4) is 0 Å². The third-order valence-electron chi connectivity index (χ3n) is 2.89. The third kappa shape index (κ3) is 1.80. The molecule has 0 fully saturated rings. The van der Waals surface area contributed by atoms with Crippen LogP contribution >= 0.6 is 0 Å². The first kappa shape index (κ1) is 10.7. The van der Waals surface area contributed by atoms with Crippen LogP contribution in [0.2, 0.25) is 0 Å². The molecule has 0 unspecified atom stereocenters. The molecule has 0 spiro atoms. The molecule has 2 aromatic carbocycles. The minimum Gasteiger partial charge on any atom is -0.480 e. The molecule has 0 N–H and O–H groups in total. The molecule has 0 saturated heterocycles. The molecular formula is C15H12N2O. The lowest BCUT2D eigenvalue weighted by atomic mass is 10.0. The van der Waals surface area contributed by atoms with Crippen LogP contribution in [-0.4, -0.2) is 17.1 Å². The van der Waals surface area contributed by atoms with Crippen molar-refractivity contribution in [2.24, 2.45) is 0 Å². The Morgan fingerprint density at radius 3 is 2.67 bits per heavy atom. The number of ether oxygens (including phenoxy) is 1. The van der Waals surface area contributed by atoms with Gasteiger partial charge in [0.1, 0.15) is 0 Å². The summed E-state index contributed by atoms with van der Waals surface area (Å²) in [6.45, 7) is 0. The van der Waals surface area contributed by atoms with Crippen LogP contribution in [0.4, 0.5) is 0 Å². The molecule has 3 heteroatoms. The average molecular weight is 236 g/mol. The van der Waals surface area contributed by atoms with Gasteiger partial charge in [0.15, 0.2) is 0 Å². The molecule has 3 aromatic rings. The molecule has 1 aromatic heterocycles. The second-order valence-corrected chi connectivity index (χ2v) is 3.97. The van der Waals surface area contributed by atoms with Crippen LogP contribution < -0.4 is 4.74 Å². The van der Waals surface area contributed by atoms with Gasteiger partial charge in [0.25, 0.3) is 0 Å². The molecule has 3 rings (SSSR count). The average Bonchev–Trinajstić information content (AvgIpc) is 2.47. The summed E-state index contributed by atoms with van der Waals surface area (Å²) in [6, 6.07) is 14.4. The highest BCUT2D eigenvalue weighted by Gasteiger charge is 2.06. The Morgan fingerprint density at radius 1 is 0.944 bits per heavy atom. The summed E-state index contributed by atoms with van der Waals surface area (Å²) in [5.74, 6) is 0.528. The van der Waals surface area contributed by atoms with Gasteiger partial charge < -0.3 is 4.74 Å². The maximum atomic E-state index is 5.11. The molecule has 0 aliphatic heterocycles. The molecule has 1 heterocycles. The molecule has 0 aliphatic rings. The van der Waals surface area contributed by atoms with Gasteiger partial charge in [-0.1, -0.05) is 42.5 Å². The molecule has 0 amide bonds. The van der Waals surface area contributed by atoms with Gasteiger partial charge in [-0.2, -0.15) is 0 Å². The second kappa shape index (κ2) is 4.45. The van der Waals surface area contributed by atoms with Crippen molar-refractivity contribution in [1.29, 1.82) is 0 Å². The number of aromatic nitrogens is 2. The maximum Gasteiger partial charge on any atom is 0.232 e. The number of rotatable bonds is 2. The van der Waals surface area contributed by atoms with Crippen LogP contribution in [0, 0.1) is 0 Å². The maximum absolute atomic E-state index is 5.11. The molecule has 0 bridgehead atoms. The summed E-state index contributed by atoms with van der Waals surface area (Å²) in [5, 5.41) is 2.36. The number of hydrogen-bond donors (Lipinski definition) is 0. The van der Waals surface area contributed by atoms with E-state index in [2.05, 4.69) is 28.2 Å². The molecule has 88 valence electrons. The molecule has 3 nitrogen and oxygen atoms in total. The number of methoxy groups -OCH3 is 1. The van der Waals surface area contributed by atoms with Crippen molar-refractivity contribution < 1.29 is 4.74 Å². The molecule has 0 saturated carbocycles. The van der Waals surface area contributed by atoms with Crippen molar-refractivity contribution in [2.75, 3.05) is 7.11 Å². The predicted octanol–water partition coefficient (Wildman–Crippen LogP) is 3.31. The number of hydrogen-bond acceptors (Lipinski definition) is 3. The van der Waals surface area contributed by atoms with Gasteiger partial charge in [0, 0.05) is 5.56 Å². The Labute approximate surface area is 105 Å². The van der Waals surface area contributed by atoms with E-state index in [1.54, 1.807) is 19.5 Å². The summed E-state index contributed by atoms with van der Waals surface area (Å²) in [4.78, 5) is 8.58. The van der Waals surface area contributed by atoms with E-state index in [9.17, 15) is 0 Å². The minimum atomic E-state index is 0.528. The molecule has 0 atom stereocenters. The standard InChI is InChI=1S/C15H12N2O/c1-18-15-10-16-9-14(17-15)13-8-4-6-11-5-2-3-7-12(11)13/h2-10H,1H3. The Balaban J connectivity index is 2.24. The van der Waals surface area contributed by atoms with Crippen LogP contribution in [0.1, 0.15) is 0 Å². The van der Waals surface area contributed by atoms with Gasteiger partial charge in [-0.05, 0) is 10.8 Å². The molecule has 0 radical (unpaired) electrons. The van der Waals surface area contributed by atoms with Gasteiger partial charge in [0.05, 0.1) is 25.2 Å². The van der Waals surface area contributed by atoms with E-state index in [0.29, 0.717) is 5.88 Å². The lowest BCUT2D eigenvalue weighted by molar-refractivity contribution is 0.396. The lowest BCUT2D eigenvalue weighted by Gasteiger charge is -2.06. The Morgan fingerprint density at radius 2 is 1.78 bits per heavy atom. The fourth-order valence-corrected chi connectivity index (χ4v) is 2.02. The van der Waals surface area contributed by atoms with E-state index in [0.717, 1.165) is 11.3 Å². The van der Waals surface area contributed by atoms with Gasteiger partial charge in [-0.3, -0.25) is 4.98 Å². The van der Waals surface area contributed by atoms with Crippen molar-refractivity contribution in [3.05, 3.63) is 54.9 Å². The number of fused-ring (bicyclic) bond motifs is 1. The van der Waals surface area contributed by atoms with E-state index < -0.39 is 0 Å². The Hall–Kier alpha value is -2.42. The number of benzene rings is 2. The smallest absolute Gasteiger partial charge is 0.232 e. The van der Waals surface area contributed by atoms with Gasteiger partial charge in [0.2, 0.25) is 5.88 Å². The molecular weight excluding hydrogens is 224 g/mol. The minimum absolute atomic E-state index is 0.528. The zero-order valence-electron chi connectivity index (χ0n) is 10.00. The summed E-state index contributed by atoms with van der Waals surface area (Å²) >= 11 is 0. The van der Waals surface area contributed by atoms with Crippen LogP contribution in [0.15, 0.2) is 54.9 Å². The van der Waals surface area contributed by atoms with Crippen LogP contribution in [0.25, 0.3) is 22.0 Å². The van der Waals surface area contributed by atoms with Crippen molar-refractivity contribution in [3.8, 4) is 17.1 Å². The first-order valence-electron chi connectivity index (χ1n) is 5.72. The highest BCUT2D eigenvalue weighted by molar-refractivity contribution is 5.95. The van der Waals surface area contributed by atoms with Crippen molar-refractivity contribution in [3.63, 3.8) is 0 Å². The summed E-state index contributed by atoms with van der Waals surface area (Å²) in [6.07, 6.45) is 3.36. The highest BCUT2D eigenvalue weighted by Crippen LogP contribution is 2.27. The Kier molecular flexibility index (Phi) is 2.65. The first-order chi connectivity index (χ1) is 8.88. The summed E-state index contributed by atoms with van der Waals surface area (Å²) in [5.41, 5.74) is 1.89. The van der Waals surface area contributed by atoms with Crippen LogP contribution in [0.5, 0.6) is 5.88 Å². The molecule has 18 heavy (non-hydrogen) atoms. The summed E-state index contributed by atoms with van der Waals surface area (Å²) < 4.78 is 5.11. The van der Waals surface area contributed by atoms with Gasteiger partial charge in [-0.15, -0.1) is 0 Å². The summed E-state index contributed by atoms with van der Waals surface area (Å²) in [7, 11) is 1.59.